The molecule has 0 amide bonds. The molecule has 0 radical (unpaired) electrons. The molecule has 1 N–H and O–H groups in total. The van der Waals surface area contributed by atoms with Gasteiger partial charge in [-0.05, 0) is 174 Å². The predicted octanol–water partition coefficient (Wildman–Crippen LogP) is 9.80. The Labute approximate surface area is 243 Å². The molecule has 8 fully saturated rings. The lowest BCUT2D eigenvalue weighted by Crippen LogP contribution is -2.50. The van der Waals surface area contributed by atoms with Crippen LogP contribution in [0.3, 0.4) is 0 Å². The molecule has 0 heterocycles. The van der Waals surface area contributed by atoms with E-state index in [9.17, 15) is 5.11 Å². The van der Waals surface area contributed by atoms with E-state index in [1.165, 1.54) is 98.6 Å². The van der Waals surface area contributed by atoms with Crippen LogP contribution in [0.15, 0.2) is 48.5 Å². The van der Waals surface area contributed by atoms with E-state index in [1.54, 1.807) is 16.5 Å². The third-order valence-electron chi connectivity index (χ3n) is 13.5. The van der Waals surface area contributed by atoms with Gasteiger partial charge in [-0.1, -0.05) is 30.3 Å². The molecule has 2 heteroatoms. The number of hydrogen-bond acceptors (Lipinski definition) is 2. The lowest BCUT2D eigenvalue weighted by Gasteiger charge is -2.59. The highest BCUT2D eigenvalue weighted by molar-refractivity contribution is 6.21. The van der Waals surface area contributed by atoms with E-state index in [0.717, 1.165) is 46.6 Å². The number of methoxy groups -OCH3 is 1. The highest BCUT2D eigenvalue weighted by Gasteiger charge is 2.55. The van der Waals surface area contributed by atoms with Gasteiger partial charge in [0, 0.05) is 10.8 Å². The number of rotatable bonds is 3. The van der Waals surface area contributed by atoms with Gasteiger partial charge >= 0.3 is 0 Å². The molecule has 8 aliphatic carbocycles. The standard InChI is InChI=1S/C39H42O2/c1-41-35-8-7-32(38-16-22-9-23(17-38)11-24(10-22)18-38)37-33(39-19-25-12-26(20-39)14-27(13-25)21-39)15-31-28-3-2-4-34(40)29(28)5-6-30(31)36(35)37/h2-8,15,22-27,40H,9-14,16-21H2,1H3. The smallest absolute Gasteiger partial charge is 0.127 e. The fourth-order valence-electron chi connectivity index (χ4n) is 13.0. The van der Waals surface area contributed by atoms with Crippen LogP contribution < -0.4 is 4.74 Å². The number of fused-ring (bicyclic) bond motifs is 5. The van der Waals surface area contributed by atoms with Gasteiger partial charge in [0.1, 0.15) is 11.5 Å². The molecule has 8 aliphatic rings. The van der Waals surface area contributed by atoms with Crippen molar-refractivity contribution < 1.29 is 9.84 Å². The van der Waals surface area contributed by atoms with E-state index in [1.807, 2.05) is 19.2 Å². The summed E-state index contributed by atoms with van der Waals surface area (Å²) < 4.78 is 6.27. The van der Waals surface area contributed by atoms with E-state index in [4.69, 9.17) is 4.74 Å². The molecule has 210 valence electrons. The zero-order valence-electron chi connectivity index (χ0n) is 24.4. The number of aromatic hydroxyl groups is 1. The van der Waals surface area contributed by atoms with Crippen molar-refractivity contribution in [2.24, 2.45) is 35.5 Å². The van der Waals surface area contributed by atoms with E-state index in [-0.39, 0.29) is 5.41 Å². The van der Waals surface area contributed by atoms with Crippen LogP contribution in [0.1, 0.15) is 88.2 Å². The minimum absolute atomic E-state index is 0.281. The Bertz CT molecular complexity index is 1690. The van der Waals surface area contributed by atoms with Crippen molar-refractivity contribution in [1.82, 2.24) is 0 Å². The number of benzene rings is 4. The van der Waals surface area contributed by atoms with Crippen LogP contribution in [0.5, 0.6) is 11.5 Å². The van der Waals surface area contributed by atoms with Crippen molar-refractivity contribution >= 4 is 32.3 Å². The van der Waals surface area contributed by atoms with Crippen molar-refractivity contribution in [2.45, 2.75) is 87.9 Å². The number of phenols is 1. The van der Waals surface area contributed by atoms with Gasteiger partial charge in [0.2, 0.25) is 0 Å². The first-order valence-corrected chi connectivity index (χ1v) is 16.7. The first kappa shape index (κ1) is 23.8. The predicted molar refractivity (Wildman–Crippen MR) is 167 cm³/mol. The molecule has 41 heavy (non-hydrogen) atoms. The molecule has 4 aromatic rings. The monoisotopic (exact) mass is 542 g/mol. The van der Waals surface area contributed by atoms with E-state index < -0.39 is 0 Å². The number of phenolic OH excluding ortho intramolecular Hbond substituents is 1. The highest BCUT2D eigenvalue weighted by atomic mass is 16.5. The molecule has 8 saturated carbocycles. The second kappa shape index (κ2) is 8.00. The first-order valence-electron chi connectivity index (χ1n) is 16.7. The Morgan fingerprint density at radius 2 is 1.10 bits per heavy atom. The summed E-state index contributed by atoms with van der Waals surface area (Å²) in [5.74, 6) is 6.89. The molecule has 0 aromatic heterocycles. The zero-order valence-corrected chi connectivity index (χ0v) is 24.4. The Morgan fingerprint density at radius 3 is 1.66 bits per heavy atom. The summed E-state index contributed by atoms with van der Waals surface area (Å²) in [7, 11) is 1.87. The summed E-state index contributed by atoms with van der Waals surface area (Å²) in [6.07, 6.45) is 17.1. The van der Waals surface area contributed by atoms with Gasteiger partial charge in [-0.25, -0.2) is 0 Å². The molecule has 12 rings (SSSR count). The van der Waals surface area contributed by atoms with Crippen molar-refractivity contribution in [3.63, 3.8) is 0 Å². The lowest BCUT2D eigenvalue weighted by molar-refractivity contribution is -0.00676. The summed E-state index contributed by atoms with van der Waals surface area (Å²) in [5.41, 5.74) is 3.94. The second-order valence-corrected chi connectivity index (χ2v) is 15.9. The Morgan fingerprint density at radius 1 is 0.561 bits per heavy atom. The minimum atomic E-state index is 0.281. The van der Waals surface area contributed by atoms with Crippen LogP contribution in [-0.2, 0) is 10.8 Å². The molecular formula is C39H42O2. The molecule has 0 atom stereocenters. The van der Waals surface area contributed by atoms with Gasteiger partial charge in [-0.2, -0.15) is 0 Å². The van der Waals surface area contributed by atoms with Crippen LogP contribution in [0.25, 0.3) is 32.3 Å². The van der Waals surface area contributed by atoms with Crippen molar-refractivity contribution in [3.8, 4) is 11.5 Å². The van der Waals surface area contributed by atoms with Crippen LogP contribution in [0.2, 0.25) is 0 Å². The molecular weight excluding hydrogens is 500 g/mol. The van der Waals surface area contributed by atoms with Gasteiger partial charge < -0.3 is 9.84 Å². The average Bonchev–Trinajstić information content (AvgIpc) is 2.94. The summed E-state index contributed by atoms with van der Waals surface area (Å²) in [4.78, 5) is 0. The van der Waals surface area contributed by atoms with E-state index in [2.05, 4.69) is 36.4 Å². The summed E-state index contributed by atoms with van der Waals surface area (Å²) in [5, 5.41) is 18.5. The Balaban J connectivity index is 1.35. The maximum atomic E-state index is 10.9. The van der Waals surface area contributed by atoms with Crippen LogP contribution >= 0.6 is 0 Å². The Kier molecular flexibility index (Phi) is 4.64. The highest BCUT2D eigenvalue weighted by Crippen LogP contribution is 2.65. The molecule has 0 aliphatic heterocycles. The molecule has 0 saturated heterocycles. The fraction of sp³-hybridized carbons (Fsp3) is 0.538. The fourth-order valence-corrected chi connectivity index (χ4v) is 13.0. The van der Waals surface area contributed by atoms with Crippen molar-refractivity contribution in [2.75, 3.05) is 7.11 Å². The third-order valence-corrected chi connectivity index (χ3v) is 13.5. The van der Waals surface area contributed by atoms with Crippen molar-refractivity contribution in [1.29, 1.82) is 0 Å². The maximum Gasteiger partial charge on any atom is 0.127 e. The van der Waals surface area contributed by atoms with Gasteiger partial charge in [0.15, 0.2) is 0 Å². The SMILES string of the molecule is COc1ccc(C23CC4CC(CC(C4)C2)C3)c2c(C34CC5CC(CC(C5)C3)C4)cc3c4cccc(O)c4ccc3c12. The van der Waals surface area contributed by atoms with Crippen LogP contribution in [-0.4, -0.2) is 12.2 Å². The molecule has 8 bridgehead atoms. The van der Waals surface area contributed by atoms with Crippen molar-refractivity contribution in [3.05, 3.63) is 59.7 Å². The quantitative estimate of drug-likeness (QED) is 0.261. The number of ether oxygens (including phenoxy) is 1. The van der Waals surface area contributed by atoms with Crippen LogP contribution in [0.4, 0.5) is 0 Å². The lowest BCUT2D eigenvalue weighted by atomic mass is 9.46. The largest absolute Gasteiger partial charge is 0.507 e. The molecule has 4 aromatic carbocycles. The van der Waals surface area contributed by atoms with Gasteiger partial charge in [-0.15, -0.1) is 0 Å². The van der Waals surface area contributed by atoms with E-state index in [0.29, 0.717) is 11.2 Å². The zero-order chi connectivity index (χ0) is 27.1. The molecule has 2 nitrogen and oxygen atoms in total. The summed E-state index contributed by atoms with van der Waals surface area (Å²) in [6.45, 7) is 0. The van der Waals surface area contributed by atoms with Gasteiger partial charge in [0.05, 0.1) is 7.11 Å². The number of hydrogen-bond donors (Lipinski definition) is 1. The van der Waals surface area contributed by atoms with Crippen LogP contribution in [0, 0.1) is 35.5 Å². The minimum Gasteiger partial charge on any atom is -0.507 e. The first-order chi connectivity index (χ1) is 20.0. The topological polar surface area (TPSA) is 29.5 Å². The Hall–Kier alpha value is -2.74. The molecule has 0 spiro atoms. The van der Waals surface area contributed by atoms with Gasteiger partial charge in [0.25, 0.3) is 0 Å². The third kappa shape index (κ3) is 3.15. The summed E-state index contributed by atoms with van der Waals surface area (Å²) in [6, 6.07) is 18.0. The van der Waals surface area contributed by atoms with Gasteiger partial charge in [-0.3, -0.25) is 0 Å². The second-order valence-electron chi connectivity index (χ2n) is 15.9. The summed E-state index contributed by atoms with van der Waals surface area (Å²) >= 11 is 0. The maximum absolute atomic E-state index is 10.9. The molecule has 0 unspecified atom stereocenters. The normalized spacial score (nSPS) is 38.5. The average molecular weight is 543 g/mol. The van der Waals surface area contributed by atoms with E-state index >= 15 is 0 Å².